The third-order valence-electron chi connectivity index (χ3n) is 2.57. The third kappa shape index (κ3) is 6.15. The second-order valence-corrected chi connectivity index (χ2v) is 4.28. The van der Waals surface area contributed by atoms with Crippen LogP contribution in [0.15, 0.2) is 24.3 Å². The van der Waals surface area contributed by atoms with Crippen LogP contribution in [0.2, 0.25) is 0 Å². The van der Waals surface area contributed by atoms with Crippen molar-refractivity contribution in [2.45, 2.75) is 32.2 Å². The number of para-hydroxylation sites is 1. The number of halogens is 3. The molecule has 0 heterocycles. The van der Waals surface area contributed by atoms with Crippen molar-refractivity contribution in [3.8, 4) is 5.75 Å². The topological polar surface area (TPSA) is 75.6 Å². The summed E-state index contributed by atoms with van der Waals surface area (Å²) >= 11 is 0. The first-order chi connectivity index (χ1) is 9.69. The Labute approximate surface area is 118 Å². The molecule has 2 N–H and O–H groups in total. The van der Waals surface area contributed by atoms with Crippen molar-refractivity contribution >= 4 is 11.9 Å². The van der Waals surface area contributed by atoms with Crippen molar-refractivity contribution in [1.29, 1.82) is 0 Å². The number of hydrogen-bond acceptors (Lipinski definition) is 3. The first-order valence-corrected chi connectivity index (χ1v) is 6.05. The number of rotatable bonds is 6. The molecule has 0 aromatic heterocycles. The number of hydrogen-bond donors (Lipinski definition) is 2. The molecule has 21 heavy (non-hydrogen) atoms. The van der Waals surface area contributed by atoms with Crippen LogP contribution in [-0.2, 0) is 16.0 Å². The fourth-order valence-corrected chi connectivity index (χ4v) is 1.56. The maximum absolute atomic E-state index is 12.2. The summed E-state index contributed by atoms with van der Waals surface area (Å²) in [6.45, 7) is 1.29. The Morgan fingerprint density at radius 1 is 1.33 bits per heavy atom. The van der Waals surface area contributed by atoms with Gasteiger partial charge in [0.05, 0.1) is 0 Å². The summed E-state index contributed by atoms with van der Waals surface area (Å²) in [6, 6.07) is 4.42. The molecular formula is C13H14F3NO4. The number of nitrogens with one attached hydrogen (secondary N) is 1. The Bertz CT molecular complexity index is 516. The van der Waals surface area contributed by atoms with Crippen molar-refractivity contribution in [1.82, 2.24) is 5.32 Å². The highest BCUT2D eigenvalue weighted by atomic mass is 19.4. The van der Waals surface area contributed by atoms with Gasteiger partial charge in [-0.15, -0.1) is 13.2 Å². The number of carbonyl (C=O) groups excluding carboxylic acids is 1. The zero-order valence-electron chi connectivity index (χ0n) is 11.1. The molecule has 1 unspecified atom stereocenters. The highest BCUT2D eigenvalue weighted by Gasteiger charge is 2.32. The molecule has 0 saturated heterocycles. The van der Waals surface area contributed by atoms with Crippen LogP contribution in [0.4, 0.5) is 13.2 Å². The molecule has 0 saturated carbocycles. The zero-order chi connectivity index (χ0) is 16.0. The van der Waals surface area contributed by atoms with Crippen LogP contribution in [-0.4, -0.2) is 29.4 Å². The minimum Gasteiger partial charge on any atom is -0.480 e. The van der Waals surface area contributed by atoms with Crippen LogP contribution in [0.3, 0.4) is 0 Å². The lowest BCUT2D eigenvalue weighted by molar-refractivity contribution is -0.274. The first-order valence-electron chi connectivity index (χ1n) is 6.05. The highest BCUT2D eigenvalue weighted by molar-refractivity contribution is 5.83. The number of alkyl halides is 3. The largest absolute Gasteiger partial charge is 0.573 e. The van der Waals surface area contributed by atoms with Crippen LogP contribution in [0.1, 0.15) is 18.9 Å². The van der Waals surface area contributed by atoms with E-state index in [2.05, 4.69) is 10.1 Å². The minimum absolute atomic E-state index is 0.00439. The lowest BCUT2D eigenvalue weighted by Crippen LogP contribution is -2.38. The van der Waals surface area contributed by atoms with E-state index in [9.17, 15) is 22.8 Å². The average Bonchev–Trinajstić information content (AvgIpc) is 2.35. The first kappa shape index (κ1) is 16.8. The number of ether oxygens (including phenoxy) is 1. The van der Waals surface area contributed by atoms with Gasteiger partial charge < -0.3 is 15.2 Å². The quantitative estimate of drug-likeness (QED) is 0.844. The number of carboxylic acid groups (broad SMARTS) is 1. The average molecular weight is 305 g/mol. The van der Waals surface area contributed by atoms with Crippen molar-refractivity contribution < 1.29 is 32.6 Å². The summed E-state index contributed by atoms with van der Waals surface area (Å²) in [4.78, 5) is 22.1. The lowest BCUT2D eigenvalue weighted by Gasteiger charge is -2.13. The van der Waals surface area contributed by atoms with Crippen LogP contribution < -0.4 is 10.1 Å². The van der Waals surface area contributed by atoms with Crippen molar-refractivity contribution in [3.05, 3.63) is 29.8 Å². The summed E-state index contributed by atoms with van der Waals surface area (Å²) in [6.07, 6.45) is -4.95. The van der Waals surface area contributed by atoms with Gasteiger partial charge in [-0.1, -0.05) is 18.2 Å². The number of amides is 1. The van der Waals surface area contributed by atoms with E-state index in [0.717, 1.165) is 6.07 Å². The Hall–Kier alpha value is -2.25. The molecular weight excluding hydrogens is 291 g/mol. The molecule has 1 aromatic carbocycles. The number of carbonyl (C=O) groups is 2. The Morgan fingerprint density at radius 3 is 2.52 bits per heavy atom. The fourth-order valence-electron chi connectivity index (χ4n) is 1.56. The summed E-state index contributed by atoms with van der Waals surface area (Å²) in [5, 5.41) is 10.8. The highest BCUT2D eigenvalue weighted by Crippen LogP contribution is 2.26. The molecule has 1 rings (SSSR count). The molecule has 5 nitrogen and oxygen atoms in total. The monoisotopic (exact) mass is 305 g/mol. The predicted octanol–water partition coefficient (Wildman–Crippen LogP) is 2.11. The van der Waals surface area contributed by atoms with Gasteiger partial charge in [-0.05, 0) is 25.0 Å². The summed E-state index contributed by atoms with van der Waals surface area (Å²) < 4.78 is 40.5. The molecule has 0 aliphatic heterocycles. The summed E-state index contributed by atoms with van der Waals surface area (Å²) in [7, 11) is 0. The second-order valence-electron chi connectivity index (χ2n) is 4.28. The van der Waals surface area contributed by atoms with Gasteiger partial charge in [-0.2, -0.15) is 0 Å². The maximum Gasteiger partial charge on any atom is 0.573 e. The SMILES string of the molecule is CC(NC(=O)CCc1ccccc1OC(F)(F)F)C(=O)O. The van der Waals surface area contributed by atoms with E-state index in [-0.39, 0.29) is 24.2 Å². The molecule has 1 aromatic rings. The molecule has 0 fully saturated rings. The summed E-state index contributed by atoms with van der Waals surface area (Å²) in [5.41, 5.74) is 0.216. The van der Waals surface area contributed by atoms with Crippen LogP contribution in [0.5, 0.6) is 5.75 Å². The maximum atomic E-state index is 12.2. The van der Waals surface area contributed by atoms with E-state index in [4.69, 9.17) is 5.11 Å². The number of aryl methyl sites for hydroxylation is 1. The zero-order valence-corrected chi connectivity index (χ0v) is 11.1. The van der Waals surface area contributed by atoms with Gasteiger partial charge in [-0.25, -0.2) is 0 Å². The predicted molar refractivity (Wildman–Crippen MR) is 66.7 cm³/mol. The van der Waals surface area contributed by atoms with Crippen molar-refractivity contribution in [2.75, 3.05) is 0 Å². The smallest absolute Gasteiger partial charge is 0.480 e. The van der Waals surface area contributed by atoms with Gasteiger partial charge in [0, 0.05) is 6.42 Å². The van der Waals surface area contributed by atoms with E-state index in [0.29, 0.717) is 0 Å². The van der Waals surface area contributed by atoms with E-state index in [1.165, 1.54) is 25.1 Å². The Kier molecular flexibility index (Phi) is 5.57. The van der Waals surface area contributed by atoms with E-state index >= 15 is 0 Å². The van der Waals surface area contributed by atoms with Crippen molar-refractivity contribution in [3.63, 3.8) is 0 Å². The molecule has 0 radical (unpaired) electrons. The van der Waals surface area contributed by atoms with Gasteiger partial charge in [0.25, 0.3) is 0 Å². The van der Waals surface area contributed by atoms with Gasteiger partial charge in [0.2, 0.25) is 5.91 Å². The molecule has 0 aliphatic carbocycles. The number of aliphatic carboxylic acids is 1. The molecule has 0 aliphatic rings. The lowest BCUT2D eigenvalue weighted by atomic mass is 10.1. The summed E-state index contributed by atoms with van der Waals surface area (Å²) in [5.74, 6) is -2.13. The minimum atomic E-state index is -4.81. The van der Waals surface area contributed by atoms with Gasteiger partial charge in [0.1, 0.15) is 11.8 Å². The van der Waals surface area contributed by atoms with E-state index in [1.807, 2.05) is 0 Å². The number of benzene rings is 1. The van der Waals surface area contributed by atoms with Crippen molar-refractivity contribution in [2.24, 2.45) is 0 Å². The number of carboxylic acids is 1. The van der Waals surface area contributed by atoms with Crippen LogP contribution in [0.25, 0.3) is 0 Å². The standard InChI is InChI=1S/C13H14F3NO4/c1-8(12(19)20)17-11(18)7-6-9-4-2-3-5-10(9)21-13(14,15)16/h2-5,8H,6-7H2,1H3,(H,17,18)(H,19,20). The van der Waals surface area contributed by atoms with Crippen LogP contribution in [0, 0.1) is 0 Å². The molecule has 1 atom stereocenters. The van der Waals surface area contributed by atoms with Crippen LogP contribution >= 0.6 is 0 Å². The normalized spacial score (nSPS) is 12.6. The van der Waals surface area contributed by atoms with E-state index < -0.39 is 24.3 Å². The van der Waals surface area contributed by atoms with Gasteiger partial charge in [0.15, 0.2) is 0 Å². The molecule has 0 spiro atoms. The molecule has 0 bridgehead atoms. The fraction of sp³-hybridized carbons (Fsp3) is 0.385. The Balaban J connectivity index is 2.63. The van der Waals surface area contributed by atoms with Gasteiger partial charge in [-0.3, -0.25) is 9.59 Å². The molecule has 8 heteroatoms. The van der Waals surface area contributed by atoms with E-state index in [1.54, 1.807) is 0 Å². The second kappa shape index (κ2) is 6.96. The van der Waals surface area contributed by atoms with Gasteiger partial charge >= 0.3 is 12.3 Å². The molecule has 1 amide bonds. The molecule has 116 valence electrons. The third-order valence-corrected chi connectivity index (χ3v) is 2.57. The Morgan fingerprint density at radius 2 is 1.95 bits per heavy atom.